The van der Waals surface area contributed by atoms with Gasteiger partial charge in [0.25, 0.3) is 5.91 Å². The van der Waals surface area contributed by atoms with E-state index in [1.807, 2.05) is 30.3 Å². The van der Waals surface area contributed by atoms with Crippen LogP contribution in [0.5, 0.6) is 0 Å². The molecule has 0 radical (unpaired) electrons. The van der Waals surface area contributed by atoms with Crippen molar-refractivity contribution in [2.75, 3.05) is 13.1 Å². The van der Waals surface area contributed by atoms with Crippen molar-refractivity contribution in [3.8, 4) is 0 Å². The fourth-order valence-electron chi connectivity index (χ4n) is 3.67. The topological polar surface area (TPSA) is 53.9 Å². The van der Waals surface area contributed by atoms with Crippen LogP contribution in [-0.2, 0) is 0 Å². The highest BCUT2D eigenvalue weighted by Gasteiger charge is 2.26. The van der Waals surface area contributed by atoms with Gasteiger partial charge in [-0.1, -0.05) is 12.1 Å². The van der Waals surface area contributed by atoms with Crippen molar-refractivity contribution >= 4 is 16.8 Å². The summed E-state index contributed by atoms with van der Waals surface area (Å²) in [4.78, 5) is 22.5. The van der Waals surface area contributed by atoms with Gasteiger partial charge in [-0.15, -0.1) is 0 Å². The molecule has 2 aromatic heterocycles. The van der Waals surface area contributed by atoms with Gasteiger partial charge in [-0.3, -0.25) is 4.79 Å². The molecule has 1 fully saturated rings. The third-order valence-corrected chi connectivity index (χ3v) is 4.95. The molecule has 24 heavy (non-hydrogen) atoms. The molecule has 1 amide bonds. The first kappa shape index (κ1) is 15.0. The van der Waals surface area contributed by atoms with Gasteiger partial charge in [0, 0.05) is 36.4 Å². The molecule has 1 N–H and O–H groups in total. The minimum Gasteiger partial charge on any atom is -0.351 e. The van der Waals surface area contributed by atoms with E-state index in [1.165, 1.54) is 5.56 Å². The zero-order valence-electron chi connectivity index (χ0n) is 14.1. The number of amides is 1. The predicted octanol–water partition coefficient (Wildman–Crippen LogP) is 3.46. The Hall–Kier alpha value is -2.56. The molecule has 1 aliphatic heterocycles. The number of piperidine rings is 1. The number of nitrogens with one attached hydrogen (secondary N) is 1. The largest absolute Gasteiger partial charge is 0.351 e. The van der Waals surface area contributed by atoms with Crippen molar-refractivity contribution in [2.45, 2.75) is 32.7 Å². The summed E-state index contributed by atoms with van der Waals surface area (Å²) in [7, 11) is 0. The summed E-state index contributed by atoms with van der Waals surface area (Å²) in [5, 5.41) is 1.09. The molecule has 1 atom stereocenters. The summed E-state index contributed by atoms with van der Waals surface area (Å²) in [5.74, 6) is 1.10. The minimum atomic E-state index is 0.0892. The first-order valence-electron chi connectivity index (χ1n) is 8.50. The third kappa shape index (κ3) is 2.60. The number of hydrogen-bond donors (Lipinski definition) is 1. The van der Waals surface area contributed by atoms with Gasteiger partial charge in [0.05, 0.1) is 6.04 Å². The van der Waals surface area contributed by atoms with Gasteiger partial charge >= 0.3 is 0 Å². The Bertz CT molecular complexity index is 892. The van der Waals surface area contributed by atoms with Crippen LogP contribution in [-0.4, -0.2) is 38.4 Å². The van der Waals surface area contributed by atoms with Crippen molar-refractivity contribution < 1.29 is 4.79 Å². The van der Waals surface area contributed by atoms with Gasteiger partial charge in [0.15, 0.2) is 0 Å². The maximum Gasteiger partial charge on any atom is 0.270 e. The SMILES string of the molecule is Cc1ccc2cc(C(=O)N3CCC[C@H](n4ccnc4C)C3)[nH]c2c1. The van der Waals surface area contributed by atoms with E-state index in [4.69, 9.17) is 0 Å². The number of benzene rings is 1. The number of rotatable bonds is 2. The van der Waals surface area contributed by atoms with Crippen molar-refractivity contribution in [3.63, 3.8) is 0 Å². The Balaban J connectivity index is 1.57. The van der Waals surface area contributed by atoms with Crippen LogP contribution < -0.4 is 0 Å². The van der Waals surface area contributed by atoms with E-state index in [2.05, 4.69) is 39.7 Å². The van der Waals surface area contributed by atoms with E-state index >= 15 is 0 Å². The summed E-state index contributed by atoms with van der Waals surface area (Å²) in [6, 6.07) is 8.50. The predicted molar refractivity (Wildman–Crippen MR) is 94.2 cm³/mol. The van der Waals surface area contributed by atoms with E-state index < -0.39 is 0 Å². The third-order valence-electron chi connectivity index (χ3n) is 4.95. The maximum absolute atomic E-state index is 12.9. The zero-order valence-corrected chi connectivity index (χ0v) is 14.1. The molecule has 0 spiro atoms. The number of aromatic nitrogens is 3. The zero-order chi connectivity index (χ0) is 16.7. The van der Waals surface area contributed by atoms with Crippen molar-refractivity contribution in [1.29, 1.82) is 0 Å². The molecule has 3 heterocycles. The second kappa shape index (κ2) is 5.82. The molecule has 3 aromatic rings. The standard InChI is InChI=1S/C19H22N4O/c1-13-5-6-15-11-18(21-17(15)10-13)19(24)22-8-3-4-16(12-22)23-9-7-20-14(23)2/h5-7,9-11,16,21H,3-4,8,12H2,1-2H3/t16-/m0/s1. The van der Waals surface area contributed by atoms with Crippen LogP contribution in [0, 0.1) is 13.8 Å². The highest BCUT2D eigenvalue weighted by molar-refractivity contribution is 5.98. The Morgan fingerprint density at radius 1 is 1.29 bits per heavy atom. The molecule has 0 bridgehead atoms. The lowest BCUT2D eigenvalue weighted by atomic mass is 10.0. The van der Waals surface area contributed by atoms with Crippen LogP contribution in [0.4, 0.5) is 0 Å². The second-order valence-electron chi connectivity index (χ2n) is 6.70. The summed E-state index contributed by atoms with van der Waals surface area (Å²) < 4.78 is 2.19. The Labute approximate surface area is 141 Å². The summed E-state index contributed by atoms with van der Waals surface area (Å²) in [6.07, 6.45) is 5.95. The van der Waals surface area contributed by atoms with Crippen molar-refractivity contribution in [2.24, 2.45) is 0 Å². The molecule has 0 saturated carbocycles. The molecule has 1 aliphatic rings. The highest BCUT2D eigenvalue weighted by Crippen LogP contribution is 2.25. The van der Waals surface area contributed by atoms with Gasteiger partial charge in [0.1, 0.15) is 11.5 Å². The highest BCUT2D eigenvalue weighted by atomic mass is 16.2. The number of likely N-dealkylation sites (tertiary alicyclic amines) is 1. The normalized spacial score (nSPS) is 18.2. The van der Waals surface area contributed by atoms with Crippen LogP contribution >= 0.6 is 0 Å². The Morgan fingerprint density at radius 3 is 2.96 bits per heavy atom. The van der Waals surface area contributed by atoms with Gasteiger partial charge in [-0.2, -0.15) is 0 Å². The van der Waals surface area contributed by atoms with E-state index in [0.717, 1.165) is 42.7 Å². The monoisotopic (exact) mass is 322 g/mol. The van der Waals surface area contributed by atoms with Crippen molar-refractivity contribution in [1.82, 2.24) is 19.4 Å². The number of fused-ring (bicyclic) bond motifs is 1. The van der Waals surface area contributed by atoms with Crippen LogP contribution in [0.15, 0.2) is 36.7 Å². The molecule has 0 unspecified atom stereocenters. The van der Waals surface area contributed by atoms with Crippen LogP contribution in [0.3, 0.4) is 0 Å². The average Bonchev–Trinajstić information content (AvgIpc) is 3.20. The Kier molecular flexibility index (Phi) is 3.63. The number of carbonyl (C=O) groups excluding carboxylic acids is 1. The second-order valence-corrected chi connectivity index (χ2v) is 6.70. The summed E-state index contributed by atoms with van der Waals surface area (Å²) in [6.45, 7) is 5.63. The molecule has 5 nitrogen and oxygen atoms in total. The maximum atomic E-state index is 12.9. The van der Waals surface area contributed by atoms with Gasteiger partial charge in [0.2, 0.25) is 0 Å². The van der Waals surface area contributed by atoms with Gasteiger partial charge < -0.3 is 14.5 Å². The molecule has 5 heteroatoms. The molecular weight excluding hydrogens is 300 g/mol. The van der Waals surface area contributed by atoms with Gasteiger partial charge in [-0.05, 0) is 44.4 Å². The molecule has 1 saturated heterocycles. The fourth-order valence-corrected chi connectivity index (χ4v) is 3.67. The molecule has 0 aliphatic carbocycles. The number of aromatic amines is 1. The van der Waals surface area contributed by atoms with Crippen LogP contribution in [0.25, 0.3) is 10.9 Å². The molecule has 124 valence electrons. The lowest BCUT2D eigenvalue weighted by Crippen LogP contribution is -2.41. The molecular formula is C19H22N4O. The van der Waals surface area contributed by atoms with Crippen LogP contribution in [0.2, 0.25) is 0 Å². The van der Waals surface area contributed by atoms with E-state index in [9.17, 15) is 4.79 Å². The van der Waals surface area contributed by atoms with Crippen molar-refractivity contribution in [3.05, 3.63) is 53.7 Å². The van der Waals surface area contributed by atoms with E-state index in [1.54, 1.807) is 0 Å². The number of aryl methyl sites for hydroxylation is 2. The number of H-pyrrole nitrogens is 1. The molecule has 4 rings (SSSR count). The van der Waals surface area contributed by atoms with Crippen LogP contribution in [0.1, 0.15) is 40.8 Å². The number of hydrogen-bond acceptors (Lipinski definition) is 2. The lowest BCUT2D eigenvalue weighted by Gasteiger charge is -2.33. The summed E-state index contributed by atoms with van der Waals surface area (Å²) in [5.41, 5.74) is 2.90. The number of carbonyl (C=O) groups is 1. The Morgan fingerprint density at radius 2 is 2.17 bits per heavy atom. The average molecular weight is 322 g/mol. The van der Waals surface area contributed by atoms with E-state index in [0.29, 0.717) is 11.7 Å². The number of nitrogens with zero attached hydrogens (tertiary/aromatic N) is 3. The van der Waals surface area contributed by atoms with Gasteiger partial charge in [-0.25, -0.2) is 4.98 Å². The smallest absolute Gasteiger partial charge is 0.270 e. The first-order chi connectivity index (χ1) is 11.6. The lowest BCUT2D eigenvalue weighted by molar-refractivity contribution is 0.0673. The summed E-state index contributed by atoms with van der Waals surface area (Å²) >= 11 is 0. The fraction of sp³-hybridized carbons (Fsp3) is 0.368. The quantitative estimate of drug-likeness (QED) is 0.785. The minimum absolute atomic E-state index is 0.0892. The number of imidazole rings is 1. The molecule has 1 aromatic carbocycles. The van der Waals surface area contributed by atoms with E-state index in [-0.39, 0.29) is 5.91 Å². The first-order valence-corrected chi connectivity index (χ1v) is 8.50.